The van der Waals surface area contributed by atoms with Crippen LogP contribution in [0.3, 0.4) is 0 Å². The van der Waals surface area contributed by atoms with Crippen LogP contribution in [0.5, 0.6) is 0 Å². The van der Waals surface area contributed by atoms with Gasteiger partial charge >= 0.3 is 0 Å². The van der Waals surface area contributed by atoms with E-state index in [-0.39, 0.29) is 11.7 Å². The van der Waals surface area contributed by atoms with Crippen LogP contribution >= 0.6 is 0 Å². The minimum absolute atomic E-state index is 0.00544. The highest BCUT2D eigenvalue weighted by molar-refractivity contribution is 5.89. The Morgan fingerprint density at radius 2 is 2.00 bits per heavy atom. The Morgan fingerprint density at radius 1 is 1.23 bits per heavy atom. The average Bonchev–Trinajstić information content (AvgIpc) is 2.90. The van der Waals surface area contributed by atoms with Crippen LogP contribution in [-0.2, 0) is 16.0 Å². The number of Topliss-reactive ketones (excluding diaryl/α,β-unsaturated/α-hetero) is 1. The van der Waals surface area contributed by atoms with Crippen molar-refractivity contribution in [1.29, 1.82) is 0 Å². The van der Waals surface area contributed by atoms with Gasteiger partial charge in [0.1, 0.15) is 0 Å². The van der Waals surface area contributed by atoms with Crippen LogP contribution in [0.1, 0.15) is 45.1 Å². The number of amides is 1. The molecule has 0 saturated heterocycles. The van der Waals surface area contributed by atoms with Gasteiger partial charge in [0.25, 0.3) is 0 Å². The van der Waals surface area contributed by atoms with Crippen molar-refractivity contribution in [3.05, 3.63) is 36.0 Å². The van der Waals surface area contributed by atoms with E-state index in [1.807, 2.05) is 30.5 Å². The number of hydrogen-bond acceptors (Lipinski definition) is 2. The Labute approximate surface area is 131 Å². The SMILES string of the molecule is CCCCCC(=O)N[C@@H](Cc1c[nH]c2ccccc12)C(C)=O. The van der Waals surface area contributed by atoms with Gasteiger partial charge in [0.2, 0.25) is 5.91 Å². The Hall–Kier alpha value is -2.10. The monoisotopic (exact) mass is 300 g/mol. The lowest BCUT2D eigenvalue weighted by Crippen LogP contribution is -2.41. The smallest absolute Gasteiger partial charge is 0.220 e. The normalized spacial score (nSPS) is 12.3. The van der Waals surface area contributed by atoms with Gasteiger partial charge in [-0.25, -0.2) is 0 Å². The fourth-order valence-electron chi connectivity index (χ4n) is 2.62. The number of rotatable bonds is 8. The molecule has 1 aromatic carbocycles. The number of para-hydroxylation sites is 1. The van der Waals surface area contributed by atoms with Crippen LogP contribution in [0.15, 0.2) is 30.5 Å². The molecule has 0 saturated carbocycles. The molecule has 0 aliphatic heterocycles. The third-order valence-corrected chi connectivity index (χ3v) is 3.93. The van der Waals surface area contributed by atoms with Crippen molar-refractivity contribution >= 4 is 22.6 Å². The van der Waals surface area contributed by atoms with Crippen molar-refractivity contribution in [3.8, 4) is 0 Å². The molecule has 0 spiro atoms. The van der Waals surface area contributed by atoms with Crippen LogP contribution < -0.4 is 5.32 Å². The maximum Gasteiger partial charge on any atom is 0.220 e. The minimum atomic E-state index is -0.451. The first-order valence-electron chi connectivity index (χ1n) is 7.96. The lowest BCUT2D eigenvalue weighted by molar-refractivity contribution is -0.126. The zero-order chi connectivity index (χ0) is 15.9. The third kappa shape index (κ3) is 4.20. The van der Waals surface area contributed by atoms with Crippen molar-refractivity contribution in [2.24, 2.45) is 0 Å². The lowest BCUT2D eigenvalue weighted by Gasteiger charge is -2.15. The van der Waals surface area contributed by atoms with E-state index >= 15 is 0 Å². The summed E-state index contributed by atoms with van der Waals surface area (Å²) in [5, 5.41) is 3.98. The summed E-state index contributed by atoms with van der Waals surface area (Å²) in [7, 11) is 0. The van der Waals surface area contributed by atoms with Gasteiger partial charge in [0.05, 0.1) is 6.04 Å². The molecule has 1 aromatic heterocycles. The zero-order valence-electron chi connectivity index (χ0n) is 13.3. The Kier molecular flexibility index (Phi) is 5.75. The van der Waals surface area contributed by atoms with Gasteiger partial charge < -0.3 is 10.3 Å². The van der Waals surface area contributed by atoms with Crippen LogP contribution in [0.4, 0.5) is 0 Å². The quantitative estimate of drug-likeness (QED) is 0.734. The van der Waals surface area contributed by atoms with Gasteiger partial charge in [-0.2, -0.15) is 0 Å². The molecule has 4 nitrogen and oxygen atoms in total. The number of aromatic amines is 1. The Morgan fingerprint density at radius 3 is 2.73 bits per heavy atom. The van der Waals surface area contributed by atoms with Gasteiger partial charge in [0.15, 0.2) is 5.78 Å². The molecule has 22 heavy (non-hydrogen) atoms. The minimum Gasteiger partial charge on any atom is -0.361 e. The van der Waals surface area contributed by atoms with Crippen molar-refractivity contribution in [3.63, 3.8) is 0 Å². The lowest BCUT2D eigenvalue weighted by atomic mass is 10.0. The van der Waals surface area contributed by atoms with Crippen LogP contribution in [0.2, 0.25) is 0 Å². The van der Waals surface area contributed by atoms with Gasteiger partial charge in [-0.15, -0.1) is 0 Å². The fourth-order valence-corrected chi connectivity index (χ4v) is 2.62. The highest BCUT2D eigenvalue weighted by atomic mass is 16.2. The molecular weight excluding hydrogens is 276 g/mol. The number of fused-ring (bicyclic) bond motifs is 1. The summed E-state index contributed by atoms with van der Waals surface area (Å²) < 4.78 is 0. The van der Waals surface area contributed by atoms with E-state index in [9.17, 15) is 9.59 Å². The van der Waals surface area contributed by atoms with Gasteiger partial charge in [-0.1, -0.05) is 38.0 Å². The van der Waals surface area contributed by atoms with E-state index in [0.717, 1.165) is 35.7 Å². The molecule has 1 heterocycles. The first kappa shape index (κ1) is 16.3. The Bertz CT molecular complexity index is 645. The number of aromatic nitrogens is 1. The molecule has 118 valence electrons. The molecule has 0 aliphatic carbocycles. The molecule has 0 bridgehead atoms. The summed E-state index contributed by atoms with van der Waals surface area (Å²) in [6.45, 7) is 3.64. The molecule has 1 atom stereocenters. The molecular formula is C18H24N2O2. The number of nitrogens with one attached hydrogen (secondary N) is 2. The van der Waals surface area contributed by atoms with E-state index in [1.165, 1.54) is 6.92 Å². The molecule has 0 radical (unpaired) electrons. The summed E-state index contributed by atoms with van der Waals surface area (Å²) in [5.74, 6) is -0.0392. The van der Waals surface area contributed by atoms with Crippen LogP contribution in [0, 0.1) is 0 Å². The topological polar surface area (TPSA) is 62.0 Å². The van der Waals surface area contributed by atoms with E-state index in [0.29, 0.717) is 12.8 Å². The average molecular weight is 300 g/mol. The highest BCUT2D eigenvalue weighted by Gasteiger charge is 2.19. The number of unbranched alkanes of at least 4 members (excludes halogenated alkanes) is 2. The largest absolute Gasteiger partial charge is 0.361 e. The van der Waals surface area contributed by atoms with Gasteiger partial charge in [-0.3, -0.25) is 9.59 Å². The summed E-state index contributed by atoms with van der Waals surface area (Å²) in [6, 6.07) is 7.53. The first-order valence-corrected chi connectivity index (χ1v) is 7.96. The predicted octanol–water partition coefficient (Wildman–Crippen LogP) is 3.36. The molecule has 0 unspecified atom stereocenters. The van der Waals surface area contributed by atoms with Gasteiger partial charge in [0, 0.05) is 29.9 Å². The van der Waals surface area contributed by atoms with Crippen molar-refractivity contribution in [1.82, 2.24) is 10.3 Å². The van der Waals surface area contributed by atoms with Crippen molar-refractivity contribution in [2.45, 2.75) is 52.0 Å². The van der Waals surface area contributed by atoms with Gasteiger partial charge in [-0.05, 0) is 25.0 Å². The first-order chi connectivity index (χ1) is 10.6. The summed E-state index contributed by atoms with van der Waals surface area (Å²) in [6.07, 6.45) is 5.94. The molecule has 0 aliphatic rings. The Balaban J connectivity index is 2.03. The second-order valence-corrected chi connectivity index (χ2v) is 5.75. The number of ketones is 1. The summed E-state index contributed by atoms with van der Waals surface area (Å²) in [5.41, 5.74) is 2.11. The van der Waals surface area contributed by atoms with Crippen molar-refractivity contribution < 1.29 is 9.59 Å². The standard InChI is InChI=1S/C18H24N2O2/c1-3-4-5-10-18(22)20-17(13(2)21)11-14-12-19-16-9-7-6-8-15(14)16/h6-9,12,17,19H,3-5,10-11H2,1-2H3,(H,20,22)/t17-/m0/s1. The second-order valence-electron chi connectivity index (χ2n) is 5.75. The van der Waals surface area contributed by atoms with E-state index in [4.69, 9.17) is 0 Å². The van der Waals surface area contributed by atoms with Crippen molar-refractivity contribution in [2.75, 3.05) is 0 Å². The summed E-state index contributed by atoms with van der Waals surface area (Å²) >= 11 is 0. The number of hydrogen-bond donors (Lipinski definition) is 2. The third-order valence-electron chi connectivity index (χ3n) is 3.93. The number of H-pyrrole nitrogens is 1. The molecule has 2 aromatic rings. The number of benzene rings is 1. The highest BCUT2D eigenvalue weighted by Crippen LogP contribution is 2.19. The number of carbonyl (C=O) groups excluding carboxylic acids is 2. The maximum absolute atomic E-state index is 12.0. The van der Waals surface area contributed by atoms with E-state index in [2.05, 4.69) is 17.2 Å². The molecule has 0 fully saturated rings. The summed E-state index contributed by atoms with van der Waals surface area (Å²) in [4.78, 5) is 27.0. The fraction of sp³-hybridized carbons (Fsp3) is 0.444. The number of carbonyl (C=O) groups is 2. The predicted molar refractivity (Wildman–Crippen MR) is 88.8 cm³/mol. The zero-order valence-corrected chi connectivity index (χ0v) is 13.3. The molecule has 1 amide bonds. The molecule has 2 N–H and O–H groups in total. The van der Waals surface area contributed by atoms with E-state index < -0.39 is 6.04 Å². The van der Waals surface area contributed by atoms with Crippen LogP contribution in [-0.4, -0.2) is 22.7 Å². The molecule has 2 rings (SSSR count). The van der Waals surface area contributed by atoms with Crippen LogP contribution in [0.25, 0.3) is 10.9 Å². The molecule has 4 heteroatoms. The second kappa shape index (κ2) is 7.78. The van der Waals surface area contributed by atoms with E-state index in [1.54, 1.807) is 0 Å². The maximum atomic E-state index is 12.0.